The first-order valence-electron chi connectivity index (χ1n) is 8.31. The van der Waals surface area contributed by atoms with Gasteiger partial charge in [-0.05, 0) is 57.3 Å². The van der Waals surface area contributed by atoms with Gasteiger partial charge in [0, 0.05) is 23.7 Å². The molecule has 1 aromatic rings. The van der Waals surface area contributed by atoms with E-state index in [0.29, 0.717) is 12.1 Å². The lowest BCUT2D eigenvalue weighted by atomic mass is 10.0. The van der Waals surface area contributed by atoms with Crippen molar-refractivity contribution >= 4 is 11.6 Å². The zero-order valence-electron chi connectivity index (χ0n) is 13.6. The molecule has 1 aliphatic carbocycles. The Morgan fingerprint density at radius 1 is 1.33 bits per heavy atom. The highest BCUT2D eigenvalue weighted by atomic mass is 35.5. The number of rotatable bonds is 7. The summed E-state index contributed by atoms with van der Waals surface area (Å²) in [6.07, 6.45) is 5.26. The number of hydrogen-bond donors (Lipinski definition) is 1. The minimum Gasteiger partial charge on any atom is -0.314 e. The van der Waals surface area contributed by atoms with Gasteiger partial charge in [0.15, 0.2) is 0 Å². The SMILES string of the molecule is CCCNC1CCCC1CN(C)C(C)c1ccccc1Cl. The van der Waals surface area contributed by atoms with Crippen molar-refractivity contribution in [3.63, 3.8) is 0 Å². The number of nitrogens with zero attached hydrogens (tertiary/aromatic N) is 1. The van der Waals surface area contributed by atoms with E-state index >= 15 is 0 Å². The Balaban J connectivity index is 1.94. The van der Waals surface area contributed by atoms with Gasteiger partial charge in [-0.25, -0.2) is 0 Å². The van der Waals surface area contributed by atoms with E-state index in [2.05, 4.69) is 43.2 Å². The largest absolute Gasteiger partial charge is 0.314 e. The maximum absolute atomic E-state index is 6.34. The molecular weight excluding hydrogens is 280 g/mol. The first-order chi connectivity index (χ1) is 10.1. The standard InChI is InChI=1S/C18H29ClN2/c1-4-12-20-18-11-7-8-15(18)13-21(3)14(2)16-9-5-6-10-17(16)19/h5-6,9-10,14-15,18,20H,4,7-8,11-13H2,1-3H3. The number of benzene rings is 1. The van der Waals surface area contributed by atoms with E-state index in [-0.39, 0.29) is 0 Å². The molecule has 2 rings (SSSR count). The van der Waals surface area contributed by atoms with Gasteiger partial charge in [0.2, 0.25) is 0 Å². The van der Waals surface area contributed by atoms with E-state index in [1.165, 1.54) is 31.2 Å². The first kappa shape index (κ1) is 16.8. The number of halogens is 1. The average molecular weight is 309 g/mol. The molecule has 1 saturated carbocycles. The van der Waals surface area contributed by atoms with Gasteiger partial charge in [0.1, 0.15) is 0 Å². The third-order valence-corrected chi connectivity index (χ3v) is 5.20. The maximum Gasteiger partial charge on any atom is 0.0453 e. The minimum atomic E-state index is 0.367. The molecule has 0 aliphatic heterocycles. The lowest BCUT2D eigenvalue weighted by molar-refractivity contribution is 0.204. The van der Waals surface area contributed by atoms with Crippen LogP contribution in [0.5, 0.6) is 0 Å². The Labute approximate surface area is 134 Å². The summed E-state index contributed by atoms with van der Waals surface area (Å²) in [4.78, 5) is 2.46. The van der Waals surface area contributed by atoms with Crippen molar-refractivity contribution in [3.8, 4) is 0 Å². The summed E-state index contributed by atoms with van der Waals surface area (Å²) >= 11 is 6.34. The number of nitrogens with one attached hydrogen (secondary N) is 1. The van der Waals surface area contributed by atoms with Crippen LogP contribution in [0.3, 0.4) is 0 Å². The van der Waals surface area contributed by atoms with E-state index in [9.17, 15) is 0 Å². The summed E-state index contributed by atoms with van der Waals surface area (Å²) in [7, 11) is 2.23. The summed E-state index contributed by atoms with van der Waals surface area (Å²) < 4.78 is 0. The van der Waals surface area contributed by atoms with Gasteiger partial charge in [0.25, 0.3) is 0 Å². The van der Waals surface area contributed by atoms with Crippen LogP contribution in [0.15, 0.2) is 24.3 Å². The molecular formula is C18H29ClN2. The van der Waals surface area contributed by atoms with E-state index in [1.54, 1.807) is 0 Å². The quantitative estimate of drug-likeness (QED) is 0.798. The fourth-order valence-corrected chi connectivity index (χ4v) is 3.73. The summed E-state index contributed by atoms with van der Waals surface area (Å²) in [6, 6.07) is 9.28. The van der Waals surface area contributed by atoms with Gasteiger partial charge in [-0.3, -0.25) is 4.90 Å². The van der Waals surface area contributed by atoms with Crippen LogP contribution in [-0.2, 0) is 0 Å². The van der Waals surface area contributed by atoms with E-state index < -0.39 is 0 Å². The molecule has 3 atom stereocenters. The molecule has 21 heavy (non-hydrogen) atoms. The molecule has 3 heteroatoms. The van der Waals surface area contributed by atoms with Crippen molar-refractivity contribution in [1.82, 2.24) is 10.2 Å². The van der Waals surface area contributed by atoms with Crippen molar-refractivity contribution < 1.29 is 0 Å². The Hall–Kier alpha value is -0.570. The van der Waals surface area contributed by atoms with Crippen LogP contribution in [-0.4, -0.2) is 31.1 Å². The molecule has 0 spiro atoms. The lowest BCUT2D eigenvalue weighted by Crippen LogP contribution is -2.39. The Morgan fingerprint density at radius 3 is 2.81 bits per heavy atom. The Morgan fingerprint density at radius 2 is 2.10 bits per heavy atom. The van der Waals surface area contributed by atoms with Crippen LogP contribution in [0.4, 0.5) is 0 Å². The van der Waals surface area contributed by atoms with Crippen molar-refractivity contribution in [2.45, 2.75) is 51.6 Å². The second kappa shape index (κ2) is 8.17. The van der Waals surface area contributed by atoms with Gasteiger partial charge < -0.3 is 5.32 Å². The average Bonchev–Trinajstić information content (AvgIpc) is 2.92. The topological polar surface area (TPSA) is 15.3 Å². The molecule has 1 aromatic carbocycles. The zero-order chi connectivity index (χ0) is 15.2. The molecule has 0 radical (unpaired) electrons. The fourth-order valence-electron chi connectivity index (χ4n) is 3.43. The van der Waals surface area contributed by atoms with E-state index in [4.69, 9.17) is 11.6 Å². The minimum absolute atomic E-state index is 0.367. The van der Waals surface area contributed by atoms with Crippen LogP contribution in [0.1, 0.15) is 51.1 Å². The predicted molar refractivity (Wildman–Crippen MR) is 91.9 cm³/mol. The van der Waals surface area contributed by atoms with E-state index in [1.807, 2.05) is 12.1 Å². The highest BCUT2D eigenvalue weighted by Gasteiger charge is 2.28. The molecule has 1 aliphatic rings. The second-order valence-corrected chi connectivity index (χ2v) is 6.80. The van der Waals surface area contributed by atoms with Crippen molar-refractivity contribution in [2.24, 2.45) is 5.92 Å². The molecule has 0 aromatic heterocycles. The van der Waals surface area contributed by atoms with Crippen molar-refractivity contribution in [3.05, 3.63) is 34.9 Å². The monoisotopic (exact) mass is 308 g/mol. The highest BCUT2D eigenvalue weighted by Crippen LogP contribution is 2.31. The molecule has 118 valence electrons. The second-order valence-electron chi connectivity index (χ2n) is 6.39. The molecule has 0 amide bonds. The van der Waals surface area contributed by atoms with Crippen LogP contribution in [0.2, 0.25) is 5.02 Å². The van der Waals surface area contributed by atoms with Gasteiger partial charge in [-0.2, -0.15) is 0 Å². The summed E-state index contributed by atoms with van der Waals surface area (Å²) in [5.41, 5.74) is 1.23. The summed E-state index contributed by atoms with van der Waals surface area (Å²) in [5, 5.41) is 4.60. The predicted octanol–water partition coefficient (Wildman–Crippen LogP) is 4.50. The highest BCUT2D eigenvalue weighted by molar-refractivity contribution is 6.31. The van der Waals surface area contributed by atoms with Gasteiger partial charge >= 0.3 is 0 Å². The number of hydrogen-bond acceptors (Lipinski definition) is 2. The van der Waals surface area contributed by atoms with Crippen molar-refractivity contribution in [1.29, 1.82) is 0 Å². The summed E-state index contributed by atoms with van der Waals surface area (Å²) in [6.45, 7) is 6.78. The van der Waals surface area contributed by atoms with Crippen molar-refractivity contribution in [2.75, 3.05) is 20.1 Å². The fraction of sp³-hybridized carbons (Fsp3) is 0.667. The van der Waals surface area contributed by atoms with Crippen LogP contribution in [0.25, 0.3) is 0 Å². The molecule has 1 N–H and O–H groups in total. The molecule has 0 bridgehead atoms. The zero-order valence-corrected chi connectivity index (χ0v) is 14.4. The van der Waals surface area contributed by atoms with E-state index in [0.717, 1.165) is 24.0 Å². The molecule has 0 saturated heterocycles. The van der Waals surface area contributed by atoms with Crippen LogP contribution >= 0.6 is 11.6 Å². The normalized spacial score (nSPS) is 23.7. The Kier molecular flexibility index (Phi) is 6.53. The molecule has 3 unspecified atom stereocenters. The lowest BCUT2D eigenvalue weighted by Gasteiger charge is -2.31. The van der Waals surface area contributed by atoms with Gasteiger partial charge in [-0.15, -0.1) is 0 Å². The smallest absolute Gasteiger partial charge is 0.0453 e. The maximum atomic E-state index is 6.34. The Bertz CT molecular complexity index is 435. The van der Waals surface area contributed by atoms with Crippen LogP contribution in [0, 0.1) is 5.92 Å². The van der Waals surface area contributed by atoms with Crippen LogP contribution < -0.4 is 5.32 Å². The molecule has 2 nitrogen and oxygen atoms in total. The third-order valence-electron chi connectivity index (χ3n) is 4.85. The van der Waals surface area contributed by atoms with Gasteiger partial charge in [-0.1, -0.05) is 43.1 Å². The third kappa shape index (κ3) is 4.45. The molecule has 1 fully saturated rings. The van der Waals surface area contributed by atoms with Gasteiger partial charge in [0.05, 0.1) is 0 Å². The first-order valence-corrected chi connectivity index (χ1v) is 8.69. The molecule has 0 heterocycles. The summed E-state index contributed by atoms with van der Waals surface area (Å²) in [5.74, 6) is 0.770.